The second-order valence-electron chi connectivity index (χ2n) is 6.55. The number of nitriles is 1. The lowest BCUT2D eigenvalue weighted by atomic mass is 10.2. The molecule has 2 aromatic heterocycles. The monoisotopic (exact) mass is 349 g/mol. The fourth-order valence-electron chi connectivity index (χ4n) is 3.40. The van der Waals surface area contributed by atoms with E-state index >= 15 is 0 Å². The van der Waals surface area contributed by atoms with Crippen LogP contribution in [0.25, 0.3) is 0 Å². The van der Waals surface area contributed by atoms with Gasteiger partial charge in [0, 0.05) is 24.0 Å². The van der Waals surface area contributed by atoms with Crippen LogP contribution in [0.3, 0.4) is 0 Å². The number of hydrogen-bond donors (Lipinski definition) is 0. The van der Waals surface area contributed by atoms with Gasteiger partial charge in [-0.1, -0.05) is 6.08 Å². The van der Waals surface area contributed by atoms with E-state index in [1.54, 1.807) is 18.3 Å². The van der Waals surface area contributed by atoms with Gasteiger partial charge in [-0.05, 0) is 31.4 Å². The van der Waals surface area contributed by atoms with E-state index in [2.05, 4.69) is 10.1 Å². The third-order valence-electron chi connectivity index (χ3n) is 4.71. The summed E-state index contributed by atoms with van der Waals surface area (Å²) in [6.07, 6.45) is 7.87. The first kappa shape index (κ1) is 16.3. The molecule has 1 atom stereocenters. The van der Waals surface area contributed by atoms with Crippen molar-refractivity contribution in [1.82, 2.24) is 19.7 Å². The highest BCUT2D eigenvalue weighted by Gasteiger charge is 2.29. The van der Waals surface area contributed by atoms with Crippen molar-refractivity contribution in [3.8, 4) is 11.9 Å². The minimum atomic E-state index is -0.262. The van der Waals surface area contributed by atoms with Gasteiger partial charge >= 0.3 is 0 Å². The van der Waals surface area contributed by atoms with Gasteiger partial charge in [0.05, 0.1) is 30.9 Å². The molecule has 4 rings (SSSR count). The smallest absolute Gasteiger partial charge is 0.249 e. The average Bonchev–Trinajstić information content (AvgIpc) is 3.31. The van der Waals surface area contributed by atoms with E-state index in [1.807, 2.05) is 27.8 Å². The molecule has 1 aliphatic heterocycles. The van der Waals surface area contributed by atoms with Crippen molar-refractivity contribution in [1.29, 1.82) is 5.26 Å². The number of carbonyl (C=O) groups is 1. The maximum atomic E-state index is 12.9. The number of hydrogen-bond acceptors (Lipinski definition) is 5. The molecule has 132 valence electrons. The largest absolute Gasteiger partial charge is 0.470 e. The molecule has 1 amide bonds. The van der Waals surface area contributed by atoms with Crippen LogP contribution < -0.4 is 4.74 Å². The Morgan fingerprint density at radius 1 is 1.31 bits per heavy atom. The molecule has 0 unspecified atom stereocenters. The number of fused-ring (bicyclic) bond motifs is 1. The molecule has 1 aliphatic carbocycles. The highest BCUT2D eigenvalue weighted by molar-refractivity contribution is 5.93. The summed E-state index contributed by atoms with van der Waals surface area (Å²) in [7, 11) is 0. The molecule has 7 nitrogen and oxygen atoms in total. The topological polar surface area (TPSA) is 84.0 Å². The third kappa shape index (κ3) is 3.31. The van der Waals surface area contributed by atoms with Gasteiger partial charge in [-0.25, -0.2) is 4.98 Å². The fourth-order valence-corrected chi connectivity index (χ4v) is 3.40. The number of ether oxygens (including phenoxy) is 1. The van der Waals surface area contributed by atoms with E-state index in [-0.39, 0.29) is 12.0 Å². The zero-order chi connectivity index (χ0) is 17.9. The van der Waals surface area contributed by atoms with E-state index < -0.39 is 0 Å². The van der Waals surface area contributed by atoms with Crippen LogP contribution in [0.1, 0.15) is 30.5 Å². The van der Waals surface area contributed by atoms with E-state index in [0.29, 0.717) is 31.1 Å². The van der Waals surface area contributed by atoms with Gasteiger partial charge in [0.25, 0.3) is 0 Å². The standard InChI is InChI=1S/C19H19N5O2/c20-9-14-5-6-18(21-10-14)26-17-12-23(19(25)15-3-1-2-4-15)11-16-7-8-22-24(16)13-17/h3,5-8,10,17H,1-2,4,11-13H2/t17-/m1/s1. The summed E-state index contributed by atoms with van der Waals surface area (Å²) in [5, 5.41) is 13.2. The predicted molar refractivity (Wildman–Crippen MR) is 92.9 cm³/mol. The second-order valence-corrected chi connectivity index (χ2v) is 6.55. The molecular formula is C19H19N5O2. The Hall–Kier alpha value is -3.14. The Labute approximate surface area is 151 Å². The number of pyridine rings is 1. The molecular weight excluding hydrogens is 330 g/mol. The molecule has 0 N–H and O–H groups in total. The van der Waals surface area contributed by atoms with Crippen molar-refractivity contribution < 1.29 is 9.53 Å². The van der Waals surface area contributed by atoms with E-state index in [9.17, 15) is 4.79 Å². The minimum absolute atomic E-state index is 0.0820. The zero-order valence-electron chi connectivity index (χ0n) is 14.3. The number of carbonyl (C=O) groups excluding carboxylic acids is 1. The van der Waals surface area contributed by atoms with Crippen LogP contribution in [0.2, 0.25) is 0 Å². The van der Waals surface area contributed by atoms with Crippen molar-refractivity contribution >= 4 is 5.91 Å². The lowest BCUT2D eigenvalue weighted by molar-refractivity contribution is -0.128. The van der Waals surface area contributed by atoms with E-state index in [4.69, 9.17) is 10.00 Å². The van der Waals surface area contributed by atoms with Crippen molar-refractivity contribution in [2.24, 2.45) is 0 Å². The maximum absolute atomic E-state index is 12.9. The molecule has 7 heteroatoms. The Kier molecular flexibility index (Phi) is 4.40. The Balaban J connectivity index is 1.55. The lowest BCUT2D eigenvalue weighted by Crippen LogP contribution is -2.39. The first-order chi connectivity index (χ1) is 12.7. The normalized spacial score (nSPS) is 19.3. The molecule has 2 aliphatic rings. The predicted octanol–water partition coefficient (Wildman–Crippen LogP) is 2.05. The molecule has 0 radical (unpaired) electrons. The molecule has 0 saturated heterocycles. The summed E-state index contributed by atoms with van der Waals surface area (Å²) in [5.74, 6) is 0.524. The van der Waals surface area contributed by atoms with Gasteiger partial charge in [-0.3, -0.25) is 9.48 Å². The second kappa shape index (κ2) is 7.00. The molecule has 0 spiro atoms. The zero-order valence-corrected chi connectivity index (χ0v) is 14.3. The van der Waals surface area contributed by atoms with Crippen LogP contribution in [0.15, 0.2) is 42.2 Å². The van der Waals surface area contributed by atoms with Crippen molar-refractivity contribution in [2.45, 2.75) is 38.5 Å². The Morgan fingerprint density at radius 3 is 2.96 bits per heavy atom. The van der Waals surface area contributed by atoms with Gasteiger partial charge in [0.2, 0.25) is 11.8 Å². The molecule has 26 heavy (non-hydrogen) atoms. The van der Waals surface area contributed by atoms with Crippen molar-refractivity contribution in [3.05, 3.63) is 53.5 Å². The Morgan fingerprint density at radius 2 is 2.23 bits per heavy atom. The number of aromatic nitrogens is 3. The van der Waals surface area contributed by atoms with Crippen molar-refractivity contribution in [3.63, 3.8) is 0 Å². The number of allylic oxidation sites excluding steroid dienone is 1. The van der Waals surface area contributed by atoms with Crippen LogP contribution in [0, 0.1) is 11.3 Å². The summed E-state index contributed by atoms with van der Waals surface area (Å²) in [5.41, 5.74) is 2.38. The van der Waals surface area contributed by atoms with Gasteiger partial charge in [-0.2, -0.15) is 10.4 Å². The fraction of sp³-hybridized carbons (Fsp3) is 0.368. The molecule has 0 fully saturated rings. The molecule has 0 bridgehead atoms. The SMILES string of the molecule is N#Cc1ccc(O[C@@H]2CN(C(=O)C3=CCCC3)Cc3ccnn3C2)nc1. The Bertz CT molecular complexity index is 878. The van der Waals surface area contributed by atoms with Gasteiger partial charge in [0.15, 0.2) is 0 Å². The molecule has 3 heterocycles. The molecule has 0 saturated carbocycles. The van der Waals surface area contributed by atoms with Crippen LogP contribution in [-0.4, -0.2) is 38.2 Å². The van der Waals surface area contributed by atoms with Crippen molar-refractivity contribution in [2.75, 3.05) is 6.54 Å². The lowest BCUT2D eigenvalue weighted by Gasteiger charge is -2.25. The summed E-state index contributed by atoms with van der Waals surface area (Å²) in [6, 6.07) is 7.33. The van der Waals surface area contributed by atoms with Crippen LogP contribution in [0.5, 0.6) is 5.88 Å². The summed E-state index contributed by atoms with van der Waals surface area (Å²) in [4.78, 5) is 18.9. The molecule has 0 aromatic carbocycles. The van der Waals surface area contributed by atoms with Crippen LogP contribution in [-0.2, 0) is 17.9 Å². The summed E-state index contributed by atoms with van der Waals surface area (Å²) >= 11 is 0. The average molecular weight is 349 g/mol. The van der Waals surface area contributed by atoms with Gasteiger partial charge in [-0.15, -0.1) is 0 Å². The van der Waals surface area contributed by atoms with Gasteiger partial charge < -0.3 is 9.64 Å². The van der Waals surface area contributed by atoms with E-state index in [0.717, 1.165) is 30.5 Å². The molecule has 2 aromatic rings. The summed E-state index contributed by atoms with van der Waals surface area (Å²) < 4.78 is 7.89. The minimum Gasteiger partial charge on any atom is -0.470 e. The summed E-state index contributed by atoms with van der Waals surface area (Å²) in [6.45, 7) is 1.55. The van der Waals surface area contributed by atoms with Gasteiger partial charge in [0.1, 0.15) is 12.2 Å². The first-order valence-corrected chi connectivity index (χ1v) is 8.75. The number of rotatable bonds is 3. The van der Waals surface area contributed by atoms with E-state index in [1.165, 1.54) is 6.20 Å². The quantitative estimate of drug-likeness (QED) is 0.847. The number of amides is 1. The van der Waals surface area contributed by atoms with Crippen LogP contribution >= 0.6 is 0 Å². The first-order valence-electron chi connectivity index (χ1n) is 8.75. The number of nitrogens with zero attached hydrogens (tertiary/aromatic N) is 5. The highest BCUT2D eigenvalue weighted by Crippen LogP contribution is 2.23. The van der Waals surface area contributed by atoms with Crippen LogP contribution in [0.4, 0.5) is 0 Å². The third-order valence-corrected chi connectivity index (χ3v) is 4.71. The highest BCUT2D eigenvalue weighted by atomic mass is 16.5. The maximum Gasteiger partial charge on any atom is 0.249 e.